The summed E-state index contributed by atoms with van der Waals surface area (Å²) in [4.78, 5) is 9.08. The number of ether oxygens (including phenoxy) is 1. The van der Waals surface area contributed by atoms with Gasteiger partial charge in [-0.05, 0) is 66.7 Å². The monoisotopic (exact) mass is 903 g/mol. The molecule has 274 valence electrons. The molecule has 3 heterocycles. The van der Waals surface area contributed by atoms with Crippen LogP contribution in [0.2, 0.25) is 0 Å². The van der Waals surface area contributed by atoms with Crippen molar-refractivity contribution in [2.75, 3.05) is 9.80 Å². The fraction of sp³-hybridized carbons (Fsp3) is 0.0208. The van der Waals surface area contributed by atoms with Gasteiger partial charge in [-0.3, -0.25) is 4.98 Å². The molecule has 0 spiro atoms. The zero-order valence-electron chi connectivity index (χ0n) is 30.5. The molecule has 9 rings (SSSR count). The van der Waals surface area contributed by atoms with Crippen molar-refractivity contribution >= 4 is 34.6 Å². The predicted molar refractivity (Wildman–Crippen MR) is 224 cm³/mol. The first kappa shape index (κ1) is 36.5. The number of para-hydroxylation sites is 1. The minimum atomic E-state index is -0.347. The molecule has 0 aliphatic carbocycles. The Morgan fingerprint density at radius 1 is 0.589 bits per heavy atom. The number of nitrogens with zero attached hydrogens (tertiary/aromatic N) is 5. The van der Waals surface area contributed by atoms with Gasteiger partial charge in [-0.2, -0.15) is 28.8 Å². The summed E-state index contributed by atoms with van der Waals surface area (Å²) >= 11 is 0. The number of aryl methyl sites for hydroxylation is 1. The number of rotatable bonds is 10. The molecule has 0 unspecified atom stereocenters. The molecule has 0 saturated carbocycles. The second kappa shape index (κ2) is 16.5. The van der Waals surface area contributed by atoms with E-state index < -0.39 is 0 Å². The Bertz CT molecular complexity index is 2570. The summed E-state index contributed by atoms with van der Waals surface area (Å²) in [6.45, 7) is 3.78. The topological polar surface area (TPSA) is 46.4 Å². The Kier molecular flexibility index (Phi) is 10.8. The Morgan fingerprint density at radius 2 is 1.23 bits per heavy atom. The molecule has 0 amide bonds. The minimum absolute atomic E-state index is 0. The number of hydrogen-bond acceptors (Lipinski definition) is 5. The van der Waals surface area contributed by atoms with Crippen LogP contribution in [0.1, 0.15) is 5.56 Å². The van der Waals surface area contributed by atoms with Crippen LogP contribution in [-0.2, 0) is 21.1 Å². The first-order valence-corrected chi connectivity index (χ1v) is 18.3. The van der Waals surface area contributed by atoms with E-state index in [-0.39, 0.29) is 27.8 Å². The maximum Gasteiger partial charge on any atom is 0.246 e. The van der Waals surface area contributed by atoms with E-state index in [1.165, 1.54) is 5.56 Å². The first-order valence-electron chi connectivity index (χ1n) is 18.3. The molecule has 8 aromatic rings. The number of benzene rings is 6. The van der Waals surface area contributed by atoms with Crippen molar-refractivity contribution in [3.8, 4) is 39.7 Å². The molecule has 0 atom stereocenters. The second-order valence-corrected chi connectivity index (χ2v) is 13.3. The van der Waals surface area contributed by atoms with Crippen LogP contribution in [0.4, 0.5) is 11.4 Å². The molecule has 0 fully saturated rings. The number of anilines is 2. The molecule has 1 aliphatic heterocycles. The van der Waals surface area contributed by atoms with E-state index in [0.717, 1.165) is 56.1 Å². The predicted octanol–water partition coefficient (Wildman–Crippen LogP) is 8.73. The van der Waals surface area contributed by atoms with Crippen molar-refractivity contribution in [2.24, 2.45) is 0 Å². The van der Waals surface area contributed by atoms with Gasteiger partial charge < -0.3 is 14.5 Å². The standard InChI is InChI=1S/C48H35BN5O.Pt/c1-36-26-28-40(29-27-36)52-31-32-53(35-52)42-22-14-24-44(34-42)55-43-23-13-19-39(33-43)49(45-25-11-12-30-50-45)46-47(37-15-5-2-6-16-37)51-54(41-20-9-4-10-21-41)48(46)38-17-7-3-8-18-38;/h2-32,35H,1H3;/q-3;. The summed E-state index contributed by atoms with van der Waals surface area (Å²) in [5.74, 6) is 1.16. The molecule has 1 aliphatic rings. The Hall–Kier alpha value is -6.43. The molecule has 8 heteroatoms. The van der Waals surface area contributed by atoms with Gasteiger partial charge in [0.1, 0.15) is 0 Å². The third-order valence-corrected chi connectivity index (χ3v) is 9.61. The van der Waals surface area contributed by atoms with E-state index in [1.54, 1.807) is 0 Å². The smallest absolute Gasteiger partial charge is 0.246 e. The summed E-state index contributed by atoms with van der Waals surface area (Å²) in [5, 5.41) is 5.39. The van der Waals surface area contributed by atoms with E-state index >= 15 is 0 Å². The molecule has 0 bridgehead atoms. The van der Waals surface area contributed by atoms with Gasteiger partial charge in [-0.1, -0.05) is 103 Å². The number of pyridine rings is 1. The van der Waals surface area contributed by atoms with Crippen LogP contribution < -0.4 is 31.1 Å². The van der Waals surface area contributed by atoms with Gasteiger partial charge in [0.2, 0.25) is 6.71 Å². The molecule has 2 aromatic heterocycles. The van der Waals surface area contributed by atoms with E-state index in [1.807, 2.05) is 103 Å². The molecular formula is C48H35BN5OPt-3. The Labute approximate surface area is 342 Å². The van der Waals surface area contributed by atoms with E-state index in [0.29, 0.717) is 11.5 Å². The fourth-order valence-electron chi connectivity index (χ4n) is 6.98. The number of aromatic nitrogens is 3. The van der Waals surface area contributed by atoms with Gasteiger partial charge in [0.05, 0.1) is 17.1 Å². The molecular weight excluding hydrogens is 868 g/mol. The van der Waals surface area contributed by atoms with Crippen molar-refractivity contribution in [3.63, 3.8) is 0 Å². The molecule has 56 heavy (non-hydrogen) atoms. The van der Waals surface area contributed by atoms with Crippen molar-refractivity contribution < 1.29 is 25.8 Å². The third-order valence-electron chi connectivity index (χ3n) is 9.61. The van der Waals surface area contributed by atoms with E-state index in [4.69, 9.17) is 14.8 Å². The van der Waals surface area contributed by atoms with Gasteiger partial charge in [-0.15, -0.1) is 42.7 Å². The van der Waals surface area contributed by atoms with Crippen molar-refractivity contribution in [2.45, 2.75) is 6.92 Å². The van der Waals surface area contributed by atoms with Gasteiger partial charge >= 0.3 is 0 Å². The second-order valence-electron chi connectivity index (χ2n) is 13.3. The summed E-state index contributed by atoms with van der Waals surface area (Å²) < 4.78 is 8.60. The van der Waals surface area contributed by atoms with Crippen LogP contribution >= 0.6 is 0 Å². The van der Waals surface area contributed by atoms with Gasteiger partial charge in [0.25, 0.3) is 0 Å². The average Bonchev–Trinajstić information content (AvgIpc) is 3.90. The zero-order valence-corrected chi connectivity index (χ0v) is 32.8. The summed E-state index contributed by atoms with van der Waals surface area (Å²) in [6, 6.07) is 64.7. The fourth-order valence-corrected chi connectivity index (χ4v) is 6.98. The molecule has 0 radical (unpaired) electrons. The number of hydrogen-bond donors (Lipinski definition) is 0. The van der Waals surface area contributed by atoms with Crippen molar-refractivity contribution in [1.82, 2.24) is 14.8 Å². The largest absolute Gasteiger partial charge is 0.509 e. The summed E-state index contributed by atoms with van der Waals surface area (Å²) in [5.41, 5.74) is 10.9. The van der Waals surface area contributed by atoms with E-state index in [9.17, 15) is 0 Å². The summed E-state index contributed by atoms with van der Waals surface area (Å²) in [6.07, 6.45) is 5.90. The quantitative estimate of drug-likeness (QED) is 0.102. The molecule has 6 aromatic carbocycles. The average molecular weight is 904 g/mol. The van der Waals surface area contributed by atoms with Crippen molar-refractivity contribution in [3.05, 3.63) is 213 Å². The van der Waals surface area contributed by atoms with Gasteiger partial charge in [-0.25, -0.2) is 4.68 Å². The van der Waals surface area contributed by atoms with Crippen LogP contribution in [0.5, 0.6) is 11.5 Å². The third kappa shape index (κ3) is 7.59. The normalized spacial score (nSPS) is 12.0. The van der Waals surface area contributed by atoms with Crippen LogP contribution in [-0.4, -0.2) is 21.5 Å². The van der Waals surface area contributed by atoms with Gasteiger partial charge in [0, 0.05) is 55.6 Å². The maximum absolute atomic E-state index is 6.54. The van der Waals surface area contributed by atoms with Crippen molar-refractivity contribution in [1.29, 1.82) is 0 Å². The van der Waals surface area contributed by atoms with Crippen LogP contribution in [0.25, 0.3) is 28.2 Å². The Balaban J connectivity index is 0.00000441. The first-order chi connectivity index (χ1) is 27.2. The molecule has 0 saturated heterocycles. The molecule has 6 nitrogen and oxygen atoms in total. The molecule has 0 N–H and O–H groups in total. The minimum Gasteiger partial charge on any atom is -0.509 e. The zero-order chi connectivity index (χ0) is 37.0. The summed E-state index contributed by atoms with van der Waals surface area (Å²) in [7, 11) is 0. The van der Waals surface area contributed by atoms with Crippen LogP contribution in [0.15, 0.2) is 188 Å². The van der Waals surface area contributed by atoms with E-state index in [2.05, 4.69) is 126 Å². The Morgan fingerprint density at radius 3 is 1.95 bits per heavy atom. The van der Waals surface area contributed by atoms with Crippen LogP contribution in [0, 0.1) is 25.7 Å². The van der Waals surface area contributed by atoms with Gasteiger partial charge in [0.15, 0.2) is 0 Å². The maximum atomic E-state index is 6.54. The SMILES string of the molecule is Cc1ccc(N2C=CN(c3[c-]c(Oc4[c-]c(B(c5ccccn5)c5c(-c6ccccc6)nn(-c6ccccc6)c5-c5ccccc5)ccc4)ccc3)[CH-]2)cc1.[Pt]. The van der Waals surface area contributed by atoms with Crippen LogP contribution in [0.3, 0.4) is 0 Å².